The Balaban J connectivity index is 1.76. The van der Waals surface area contributed by atoms with Crippen molar-refractivity contribution < 1.29 is 0 Å². The van der Waals surface area contributed by atoms with Crippen LogP contribution >= 0.6 is 0 Å². The van der Waals surface area contributed by atoms with Crippen LogP contribution in [0.2, 0.25) is 0 Å². The van der Waals surface area contributed by atoms with Crippen molar-refractivity contribution >= 4 is 5.82 Å². The van der Waals surface area contributed by atoms with E-state index in [1.807, 2.05) is 0 Å². The van der Waals surface area contributed by atoms with Crippen LogP contribution in [0, 0.1) is 31.6 Å². The lowest BCUT2D eigenvalue weighted by Gasteiger charge is -2.21. The molecule has 0 amide bonds. The third-order valence-corrected chi connectivity index (χ3v) is 4.05. The van der Waals surface area contributed by atoms with Gasteiger partial charge in [-0.3, -0.25) is 0 Å². The van der Waals surface area contributed by atoms with Crippen molar-refractivity contribution in [2.75, 3.05) is 24.5 Å². The fourth-order valence-electron chi connectivity index (χ4n) is 3.17. The van der Waals surface area contributed by atoms with Crippen LogP contribution in [0.3, 0.4) is 0 Å². The van der Waals surface area contributed by atoms with Gasteiger partial charge in [0.25, 0.3) is 0 Å². The normalized spacial score (nSPS) is 31.7. The molecule has 2 heterocycles. The molecule has 1 aliphatic heterocycles. The van der Waals surface area contributed by atoms with Crippen molar-refractivity contribution in [2.24, 2.45) is 23.5 Å². The number of piperidine rings is 1. The summed E-state index contributed by atoms with van der Waals surface area (Å²) in [5.74, 6) is 3.63. The highest BCUT2D eigenvalue weighted by Crippen LogP contribution is 2.51. The molecule has 2 N–H and O–H groups in total. The van der Waals surface area contributed by atoms with Crippen molar-refractivity contribution in [2.45, 2.75) is 13.8 Å². The number of rotatable bonds is 2. The fourth-order valence-corrected chi connectivity index (χ4v) is 3.17. The van der Waals surface area contributed by atoms with Crippen molar-refractivity contribution in [1.82, 2.24) is 4.98 Å². The highest BCUT2D eigenvalue weighted by atomic mass is 15.2. The van der Waals surface area contributed by atoms with Crippen LogP contribution in [0.1, 0.15) is 11.3 Å². The first-order chi connectivity index (χ1) is 7.69. The third-order valence-electron chi connectivity index (χ3n) is 4.05. The topological polar surface area (TPSA) is 42.2 Å². The number of aromatic nitrogens is 1. The molecule has 1 aromatic heterocycles. The van der Waals surface area contributed by atoms with Gasteiger partial charge >= 0.3 is 0 Å². The summed E-state index contributed by atoms with van der Waals surface area (Å²) in [4.78, 5) is 7.03. The standard InChI is InChI=1S/C13H19N3/c1-8-3-9(2)15-13(4-8)16-6-11-10(5-14)12(11)7-16/h3-4,10-12H,5-7,14H2,1-2H3. The molecule has 1 saturated carbocycles. The van der Waals surface area contributed by atoms with Crippen molar-refractivity contribution in [3.05, 3.63) is 23.4 Å². The summed E-state index contributed by atoms with van der Waals surface area (Å²) in [5, 5.41) is 0. The van der Waals surface area contributed by atoms with E-state index < -0.39 is 0 Å². The summed E-state index contributed by atoms with van der Waals surface area (Å²) in [6, 6.07) is 4.32. The van der Waals surface area contributed by atoms with E-state index in [9.17, 15) is 0 Å². The quantitative estimate of drug-likeness (QED) is 0.813. The molecular weight excluding hydrogens is 198 g/mol. The summed E-state index contributed by atoms with van der Waals surface area (Å²) < 4.78 is 0. The van der Waals surface area contributed by atoms with Crippen LogP contribution in [0.5, 0.6) is 0 Å². The second kappa shape index (κ2) is 3.45. The van der Waals surface area contributed by atoms with E-state index in [1.54, 1.807) is 0 Å². The van der Waals surface area contributed by atoms with E-state index >= 15 is 0 Å². The summed E-state index contributed by atoms with van der Waals surface area (Å²) in [6.07, 6.45) is 0. The van der Waals surface area contributed by atoms with Crippen LogP contribution in [0.15, 0.2) is 12.1 Å². The van der Waals surface area contributed by atoms with Crippen molar-refractivity contribution in [1.29, 1.82) is 0 Å². The van der Waals surface area contributed by atoms with Gasteiger partial charge in [-0.05, 0) is 55.8 Å². The Morgan fingerprint density at radius 3 is 2.56 bits per heavy atom. The maximum Gasteiger partial charge on any atom is 0.129 e. The van der Waals surface area contributed by atoms with E-state index in [0.29, 0.717) is 0 Å². The third kappa shape index (κ3) is 1.50. The second-order valence-corrected chi connectivity index (χ2v) is 5.28. The van der Waals surface area contributed by atoms with E-state index in [2.05, 4.69) is 35.9 Å². The van der Waals surface area contributed by atoms with E-state index in [1.165, 1.54) is 5.56 Å². The van der Waals surface area contributed by atoms with Gasteiger partial charge in [0.05, 0.1) is 0 Å². The summed E-state index contributed by atoms with van der Waals surface area (Å²) in [5.41, 5.74) is 8.14. The molecular formula is C13H19N3. The Kier molecular flexibility index (Phi) is 2.18. The minimum atomic E-state index is 0.794. The molecule has 0 bridgehead atoms. The Labute approximate surface area is 96.7 Å². The monoisotopic (exact) mass is 217 g/mol. The van der Waals surface area contributed by atoms with Gasteiger partial charge in [-0.25, -0.2) is 4.98 Å². The van der Waals surface area contributed by atoms with Crippen molar-refractivity contribution in [3.63, 3.8) is 0 Å². The highest BCUT2D eigenvalue weighted by Gasteiger charge is 2.54. The zero-order valence-electron chi connectivity index (χ0n) is 9.98. The zero-order chi connectivity index (χ0) is 11.3. The predicted molar refractivity (Wildman–Crippen MR) is 65.4 cm³/mol. The number of hydrogen-bond donors (Lipinski definition) is 1. The van der Waals surface area contributed by atoms with E-state index in [0.717, 1.165) is 48.9 Å². The number of aryl methyl sites for hydroxylation is 2. The first-order valence-electron chi connectivity index (χ1n) is 6.09. The van der Waals surface area contributed by atoms with Crippen LogP contribution < -0.4 is 10.6 Å². The molecule has 3 heteroatoms. The summed E-state index contributed by atoms with van der Waals surface area (Å²) in [7, 11) is 0. The molecule has 1 saturated heterocycles. The molecule has 1 aromatic rings. The van der Waals surface area contributed by atoms with Crippen molar-refractivity contribution in [3.8, 4) is 0 Å². The Bertz CT molecular complexity index is 383. The van der Waals surface area contributed by atoms with Crippen LogP contribution in [0.25, 0.3) is 0 Å². The molecule has 3 nitrogen and oxygen atoms in total. The van der Waals surface area contributed by atoms with E-state index in [-0.39, 0.29) is 0 Å². The first kappa shape index (κ1) is 10.1. The van der Waals surface area contributed by atoms with Crippen LogP contribution in [-0.2, 0) is 0 Å². The lowest BCUT2D eigenvalue weighted by atomic mass is 10.2. The number of nitrogens with two attached hydrogens (primary N) is 1. The SMILES string of the molecule is Cc1cc(C)nc(N2CC3C(CN)C3C2)c1. The maximum atomic E-state index is 5.72. The van der Waals surface area contributed by atoms with Crippen LogP contribution in [-0.4, -0.2) is 24.6 Å². The lowest BCUT2D eigenvalue weighted by Crippen LogP contribution is -2.26. The number of nitrogens with zero attached hydrogens (tertiary/aromatic N) is 2. The van der Waals surface area contributed by atoms with Gasteiger partial charge in [-0.15, -0.1) is 0 Å². The van der Waals surface area contributed by atoms with Gasteiger partial charge in [0.2, 0.25) is 0 Å². The van der Waals surface area contributed by atoms with Gasteiger partial charge in [0.15, 0.2) is 0 Å². The molecule has 2 atom stereocenters. The smallest absolute Gasteiger partial charge is 0.129 e. The minimum absolute atomic E-state index is 0.794. The molecule has 86 valence electrons. The molecule has 16 heavy (non-hydrogen) atoms. The molecule has 0 aromatic carbocycles. The van der Waals surface area contributed by atoms with Gasteiger partial charge in [0.1, 0.15) is 5.82 Å². The Morgan fingerprint density at radius 1 is 1.31 bits per heavy atom. The van der Waals surface area contributed by atoms with Gasteiger partial charge in [0, 0.05) is 18.8 Å². The molecule has 2 unspecified atom stereocenters. The number of hydrogen-bond acceptors (Lipinski definition) is 3. The minimum Gasteiger partial charge on any atom is -0.356 e. The largest absolute Gasteiger partial charge is 0.356 e. The maximum absolute atomic E-state index is 5.72. The molecule has 3 rings (SSSR count). The molecule has 0 radical (unpaired) electrons. The molecule has 1 aliphatic carbocycles. The lowest BCUT2D eigenvalue weighted by molar-refractivity contribution is 0.643. The Hall–Kier alpha value is -1.09. The summed E-state index contributed by atoms with van der Waals surface area (Å²) in [6.45, 7) is 7.38. The number of pyridine rings is 1. The predicted octanol–water partition coefficient (Wildman–Crippen LogP) is 1.34. The molecule has 2 aliphatic rings. The van der Waals surface area contributed by atoms with Gasteiger partial charge in [-0.2, -0.15) is 0 Å². The highest BCUT2D eigenvalue weighted by molar-refractivity contribution is 5.45. The average molecular weight is 217 g/mol. The average Bonchev–Trinajstić information content (AvgIpc) is 2.68. The molecule has 2 fully saturated rings. The molecule has 0 spiro atoms. The first-order valence-corrected chi connectivity index (χ1v) is 6.09. The summed E-state index contributed by atoms with van der Waals surface area (Å²) >= 11 is 0. The van der Waals surface area contributed by atoms with Crippen LogP contribution in [0.4, 0.5) is 5.82 Å². The fraction of sp³-hybridized carbons (Fsp3) is 0.615. The second-order valence-electron chi connectivity index (χ2n) is 5.28. The number of anilines is 1. The zero-order valence-corrected chi connectivity index (χ0v) is 9.98. The number of fused-ring (bicyclic) bond motifs is 1. The Morgan fingerprint density at radius 2 is 2.00 bits per heavy atom. The van der Waals surface area contributed by atoms with Gasteiger partial charge in [-0.1, -0.05) is 0 Å². The van der Waals surface area contributed by atoms with Gasteiger partial charge < -0.3 is 10.6 Å². The van der Waals surface area contributed by atoms with E-state index in [4.69, 9.17) is 5.73 Å².